The van der Waals surface area contributed by atoms with Crippen molar-refractivity contribution < 1.29 is 14.3 Å². The van der Waals surface area contributed by atoms with Crippen LogP contribution >= 0.6 is 24.8 Å². The van der Waals surface area contributed by atoms with Gasteiger partial charge in [0.2, 0.25) is 12.7 Å². The number of likely N-dealkylation sites (tertiary alicyclic amines) is 1. The number of rotatable bonds is 6. The fraction of sp³-hybridized carbons (Fsp3) is 0.609. The van der Waals surface area contributed by atoms with Crippen LogP contribution in [0.4, 0.5) is 0 Å². The predicted molar refractivity (Wildman–Crippen MR) is 127 cm³/mol. The number of benzene rings is 1. The lowest BCUT2D eigenvalue weighted by atomic mass is 10.00. The zero-order valence-electron chi connectivity index (χ0n) is 18.3. The maximum Gasteiger partial charge on any atom is 0.240 e. The van der Waals surface area contributed by atoms with Crippen LogP contribution in [-0.4, -0.2) is 78.8 Å². The number of hydrogen-bond acceptors (Lipinski definition) is 5. The number of carbonyl (C=O) groups excluding carboxylic acids is 1. The fourth-order valence-electron chi connectivity index (χ4n) is 4.79. The second-order valence-corrected chi connectivity index (χ2v) is 8.16. The van der Waals surface area contributed by atoms with Gasteiger partial charge >= 0.3 is 0 Å². The van der Waals surface area contributed by atoms with Crippen LogP contribution in [0.1, 0.15) is 31.7 Å². The molecule has 6 nitrogen and oxygen atoms in total. The van der Waals surface area contributed by atoms with Gasteiger partial charge in [-0.05, 0) is 37.9 Å². The molecule has 0 radical (unpaired) electrons. The van der Waals surface area contributed by atoms with Gasteiger partial charge in [-0.2, -0.15) is 0 Å². The van der Waals surface area contributed by atoms with Gasteiger partial charge in [-0.25, -0.2) is 0 Å². The number of halogens is 2. The van der Waals surface area contributed by atoms with Gasteiger partial charge in [0.25, 0.3) is 0 Å². The number of amides is 1. The highest BCUT2D eigenvalue weighted by atomic mass is 35.5. The predicted octanol–water partition coefficient (Wildman–Crippen LogP) is 3.31. The van der Waals surface area contributed by atoms with Crippen molar-refractivity contribution in [2.75, 3.05) is 46.1 Å². The van der Waals surface area contributed by atoms with Crippen LogP contribution in [0.3, 0.4) is 0 Å². The van der Waals surface area contributed by atoms with Crippen molar-refractivity contribution >= 4 is 30.7 Å². The number of nitrogens with zero attached hydrogens (tertiary/aromatic N) is 3. The summed E-state index contributed by atoms with van der Waals surface area (Å²) in [5.41, 5.74) is 1.29. The lowest BCUT2D eigenvalue weighted by Gasteiger charge is -2.42. The lowest BCUT2D eigenvalue weighted by Crippen LogP contribution is -2.57. The van der Waals surface area contributed by atoms with E-state index in [2.05, 4.69) is 45.9 Å². The zero-order chi connectivity index (χ0) is 20.1. The molecule has 8 heteroatoms. The van der Waals surface area contributed by atoms with Crippen LogP contribution in [0.25, 0.3) is 0 Å². The summed E-state index contributed by atoms with van der Waals surface area (Å²) in [6.45, 7) is 7.77. The fourth-order valence-corrected chi connectivity index (χ4v) is 4.79. The molecule has 1 aromatic rings. The summed E-state index contributed by atoms with van der Waals surface area (Å²) in [5, 5.41) is 0. The van der Waals surface area contributed by atoms with Crippen molar-refractivity contribution in [3.8, 4) is 0 Å². The third kappa shape index (κ3) is 6.28. The Kier molecular flexibility index (Phi) is 10.4. The molecule has 1 aromatic carbocycles. The van der Waals surface area contributed by atoms with Crippen molar-refractivity contribution in [3.05, 3.63) is 47.9 Å². The summed E-state index contributed by atoms with van der Waals surface area (Å²) in [6, 6.07) is 10.7. The Morgan fingerprint density at radius 1 is 1.06 bits per heavy atom. The first-order chi connectivity index (χ1) is 14.3. The van der Waals surface area contributed by atoms with Crippen molar-refractivity contribution in [1.82, 2.24) is 14.7 Å². The topological polar surface area (TPSA) is 45.3 Å². The van der Waals surface area contributed by atoms with Crippen molar-refractivity contribution in [1.29, 1.82) is 0 Å². The van der Waals surface area contributed by atoms with E-state index in [1.54, 1.807) is 6.26 Å². The van der Waals surface area contributed by atoms with Crippen molar-refractivity contribution in [3.63, 3.8) is 0 Å². The monoisotopic (exact) mass is 471 g/mol. The molecule has 2 saturated heterocycles. The minimum absolute atomic E-state index is 0. The Balaban J connectivity index is 0.00000171. The number of piperazine rings is 1. The number of likely N-dealkylation sites (N-methyl/N-ethyl adjacent to an activating group) is 1. The highest BCUT2D eigenvalue weighted by Gasteiger charge is 2.35. The number of ether oxygens (including phenoxy) is 2. The molecule has 0 saturated carbocycles. The minimum Gasteiger partial charge on any atom is -0.462 e. The van der Waals surface area contributed by atoms with Crippen LogP contribution in [0, 0.1) is 0 Å². The second-order valence-electron chi connectivity index (χ2n) is 8.16. The first-order valence-electron chi connectivity index (χ1n) is 11.0. The SMILES string of the molecule is CCN1CCCC[C@H]1C(=O)N1CCN(C(Cc2ccccc2)C2=COCO2)CC1.Cl.Cl. The Morgan fingerprint density at radius 3 is 2.45 bits per heavy atom. The molecule has 174 valence electrons. The molecule has 0 spiro atoms. The average molecular weight is 472 g/mol. The van der Waals surface area contributed by atoms with E-state index in [1.165, 1.54) is 12.0 Å². The highest BCUT2D eigenvalue weighted by Crippen LogP contribution is 2.24. The largest absolute Gasteiger partial charge is 0.462 e. The summed E-state index contributed by atoms with van der Waals surface area (Å²) in [7, 11) is 0. The van der Waals surface area contributed by atoms with Crippen LogP contribution in [-0.2, 0) is 20.7 Å². The molecule has 1 amide bonds. The molecule has 4 rings (SSSR count). The van der Waals surface area contributed by atoms with Crippen LogP contribution in [0.5, 0.6) is 0 Å². The summed E-state index contributed by atoms with van der Waals surface area (Å²) >= 11 is 0. The molecule has 0 bridgehead atoms. The van der Waals surface area contributed by atoms with Crippen LogP contribution in [0.15, 0.2) is 42.4 Å². The smallest absolute Gasteiger partial charge is 0.240 e. The summed E-state index contributed by atoms with van der Waals surface area (Å²) in [5.74, 6) is 1.23. The first kappa shape index (κ1) is 25.8. The van der Waals surface area contributed by atoms with Gasteiger partial charge in [-0.3, -0.25) is 14.6 Å². The quantitative estimate of drug-likeness (QED) is 0.636. The van der Waals surface area contributed by atoms with Gasteiger partial charge in [0.1, 0.15) is 6.26 Å². The number of hydrogen-bond donors (Lipinski definition) is 0. The van der Waals surface area contributed by atoms with E-state index < -0.39 is 0 Å². The van der Waals surface area contributed by atoms with Crippen LogP contribution < -0.4 is 0 Å². The van der Waals surface area contributed by atoms with Gasteiger partial charge in [0.15, 0.2) is 5.76 Å². The molecule has 3 heterocycles. The molecule has 2 atom stereocenters. The standard InChI is InChI=1S/C23H33N3O3.2ClH/c1-2-24-11-7-6-10-20(24)23(27)26-14-12-25(13-15-26)21(22-17-28-18-29-22)16-19-8-4-3-5-9-19;;/h3-5,8-9,17,20-21H,2,6-7,10-16,18H2,1H3;2*1H/t20-,21?;;/m0../s1. The van der Waals surface area contributed by atoms with Crippen molar-refractivity contribution in [2.45, 2.75) is 44.7 Å². The molecular weight excluding hydrogens is 437 g/mol. The summed E-state index contributed by atoms with van der Waals surface area (Å²) in [4.78, 5) is 20.0. The molecule has 3 aliphatic rings. The Bertz CT molecular complexity index is 711. The van der Waals surface area contributed by atoms with E-state index in [0.717, 1.165) is 64.3 Å². The van der Waals surface area contributed by atoms with E-state index in [-0.39, 0.29) is 36.9 Å². The minimum atomic E-state index is 0. The average Bonchev–Trinajstić information content (AvgIpc) is 3.32. The maximum absolute atomic E-state index is 13.2. The van der Waals surface area contributed by atoms with E-state index in [0.29, 0.717) is 12.7 Å². The van der Waals surface area contributed by atoms with Gasteiger partial charge < -0.3 is 14.4 Å². The normalized spacial score (nSPS) is 22.9. The van der Waals surface area contributed by atoms with Gasteiger partial charge in [-0.1, -0.05) is 43.7 Å². The van der Waals surface area contributed by atoms with E-state index >= 15 is 0 Å². The molecule has 31 heavy (non-hydrogen) atoms. The van der Waals surface area contributed by atoms with E-state index in [4.69, 9.17) is 9.47 Å². The molecule has 0 aromatic heterocycles. The number of carbonyl (C=O) groups is 1. The Morgan fingerprint density at radius 2 is 1.81 bits per heavy atom. The molecule has 0 aliphatic carbocycles. The summed E-state index contributed by atoms with van der Waals surface area (Å²) < 4.78 is 11.1. The molecule has 2 fully saturated rings. The second kappa shape index (κ2) is 12.5. The third-order valence-electron chi connectivity index (χ3n) is 6.47. The third-order valence-corrected chi connectivity index (χ3v) is 6.47. The molecule has 3 aliphatic heterocycles. The number of piperidine rings is 1. The van der Waals surface area contributed by atoms with E-state index in [1.807, 2.05) is 6.07 Å². The van der Waals surface area contributed by atoms with Crippen molar-refractivity contribution in [2.24, 2.45) is 0 Å². The molecule has 1 unspecified atom stereocenters. The highest BCUT2D eigenvalue weighted by molar-refractivity contribution is 5.85. The van der Waals surface area contributed by atoms with Gasteiger partial charge in [0, 0.05) is 26.2 Å². The van der Waals surface area contributed by atoms with Gasteiger partial charge in [0.05, 0.1) is 12.1 Å². The molecular formula is C23H35Cl2N3O3. The zero-order valence-corrected chi connectivity index (χ0v) is 19.9. The maximum atomic E-state index is 13.2. The molecule has 0 N–H and O–H groups in total. The van der Waals surface area contributed by atoms with E-state index in [9.17, 15) is 4.79 Å². The van der Waals surface area contributed by atoms with Crippen LogP contribution in [0.2, 0.25) is 0 Å². The lowest BCUT2D eigenvalue weighted by molar-refractivity contribution is -0.140. The summed E-state index contributed by atoms with van der Waals surface area (Å²) in [6.07, 6.45) is 6.02. The Labute approximate surface area is 198 Å². The Hall–Kier alpha value is -1.47. The van der Waals surface area contributed by atoms with Gasteiger partial charge in [-0.15, -0.1) is 24.8 Å². The first-order valence-corrected chi connectivity index (χ1v) is 11.0.